The first-order chi connectivity index (χ1) is 11.4. The molecule has 0 saturated carbocycles. The number of aliphatic hydroxyl groups is 1. The minimum Gasteiger partial charge on any atom is -0.497 e. The summed E-state index contributed by atoms with van der Waals surface area (Å²) in [6, 6.07) is 14.0. The summed E-state index contributed by atoms with van der Waals surface area (Å²) in [5.74, 6) is 0.760. The fourth-order valence-electron chi connectivity index (χ4n) is 2.25. The smallest absolute Gasteiger partial charge is 0.319 e. The number of anilines is 1. The summed E-state index contributed by atoms with van der Waals surface area (Å²) >= 11 is 5.99. The molecular weight excluding hydrogens is 328 g/mol. The van der Waals surface area contributed by atoms with Crippen molar-refractivity contribution in [1.82, 2.24) is 5.32 Å². The van der Waals surface area contributed by atoms with Gasteiger partial charge in [0.1, 0.15) is 5.75 Å². The number of ether oxygens (including phenoxy) is 1. The first kappa shape index (κ1) is 18.1. The van der Waals surface area contributed by atoms with Gasteiger partial charge < -0.3 is 20.5 Å². The molecule has 0 aliphatic carbocycles. The number of carbonyl (C=O) groups excluding carboxylic acids is 1. The van der Waals surface area contributed by atoms with Gasteiger partial charge in [0.05, 0.1) is 23.4 Å². The molecule has 0 spiro atoms. The molecule has 0 aromatic heterocycles. The zero-order valence-electron chi connectivity index (χ0n) is 13.7. The van der Waals surface area contributed by atoms with E-state index in [9.17, 15) is 9.90 Å². The van der Waals surface area contributed by atoms with Crippen molar-refractivity contribution < 1.29 is 14.6 Å². The Morgan fingerprint density at radius 1 is 1.21 bits per heavy atom. The van der Waals surface area contributed by atoms with E-state index in [0.717, 1.165) is 11.3 Å². The van der Waals surface area contributed by atoms with Crippen LogP contribution in [0.15, 0.2) is 48.5 Å². The van der Waals surface area contributed by atoms with Gasteiger partial charge in [-0.1, -0.05) is 35.9 Å². The van der Waals surface area contributed by atoms with Gasteiger partial charge in [-0.05, 0) is 36.8 Å². The van der Waals surface area contributed by atoms with Gasteiger partial charge in [-0.25, -0.2) is 4.79 Å². The lowest BCUT2D eigenvalue weighted by molar-refractivity contribution is 0.0629. The predicted octanol–water partition coefficient (Wildman–Crippen LogP) is 3.46. The summed E-state index contributed by atoms with van der Waals surface area (Å²) in [6.07, 6.45) is 0.406. The molecule has 2 aromatic carbocycles. The normalized spacial score (nSPS) is 13.0. The van der Waals surface area contributed by atoms with Gasteiger partial charge in [-0.3, -0.25) is 0 Å². The number of benzene rings is 2. The van der Waals surface area contributed by atoms with E-state index in [4.69, 9.17) is 16.3 Å². The van der Waals surface area contributed by atoms with Crippen LogP contribution in [0.4, 0.5) is 10.5 Å². The van der Waals surface area contributed by atoms with Gasteiger partial charge >= 0.3 is 6.03 Å². The first-order valence-corrected chi connectivity index (χ1v) is 7.92. The van der Waals surface area contributed by atoms with Crippen molar-refractivity contribution in [3.05, 3.63) is 59.1 Å². The molecular formula is C18H21ClN2O3. The monoisotopic (exact) mass is 348 g/mol. The van der Waals surface area contributed by atoms with Gasteiger partial charge in [-0.15, -0.1) is 0 Å². The Balaban J connectivity index is 1.87. The van der Waals surface area contributed by atoms with Crippen molar-refractivity contribution in [2.45, 2.75) is 18.9 Å². The van der Waals surface area contributed by atoms with Crippen LogP contribution in [-0.4, -0.2) is 30.4 Å². The Bertz CT molecular complexity index is 687. The quantitative estimate of drug-likeness (QED) is 0.748. The van der Waals surface area contributed by atoms with E-state index >= 15 is 0 Å². The number of urea groups is 1. The molecule has 0 bridgehead atoms. The third kappa shape index (κ3) is 5.44. The van der Waals surface area contributed by atoms with E-state index < -0.39 is 11.6 Å². The third-order valence-electron chi connectivity index (χ3n) is 3.50. The Hall–Kier alpha value is -2.24. The van der Waals surface area contributed by atoms with Crippen molar-refractivity contribution in [2.24, 2.45) is 0 Å². The summed E-state index contributed by atoms with van der Waals surface area (Å²) in [5, 5.41) is 16.2. The van der Waals surface area contributed by atoms with Gasteiger partial charge in [0, 0.05) is 13.0 Å². The molecule has 2 rings (SSSR count). The van der Waals surface area contributed by atoms with Crippen molar-refractivity contribution in [1.29, 1.82) is 0 Å². The summed E-state index contributed by atoms with van der Waals surface area (Å²) in [5.41, 5.74) is 0.396. The summed E-state index contributed by atoms with van der Waals surface area (Å²) in [7, 11) is 1.60. The van der Waals surface area contributed by atoms with Crippen LogP contribution in [0.1, 0.15) is 12.5 Å². The Kier molecular flexibility index (Phi) is 6.06. The second-order valence-electron chi connectivity index (χ2n) is 5.81. The molecule has 3 N–H and O–H groups in total. The van der Waals surface area contributed by atoms with Crippen LogP contribution in [0.3, 0.4) is 0 Å². The first-order valence-electron chi connectivity index (χ1n) is 7.54. The fourth-order valence-corrected chi connectivity index (χ4v) is 2.43. The maximum Gasteiger partial charge on any atom is 0.319 e. The van der Waals surface area contributed by atoms with Crippen LogP contribution in [0, 0.1) is 0 Å². The maximum atomic E-state index is 11.9. The molecule has 1 unspecified atom stereocenters. The van der Waals surface area contributed by atoms with Crippen molar-refractivity contribution in [2.75, 3.05) is 19.0 Å². The molecule has 0 saturated heterocycles. The fraction of sp³-hybridized carbons (Fsp3) is 0.278. The van der Waals surface area contributed by atoms with Gasteiger partial charge in [0.15, 0.2) is 0 Å². The number of halogens is 1. The highest BCUT2D eigenvalue weighted by Crippen LogP contribution is 2.20. The van der Waals surface area contributed by atoms with E-state index in [-0.39, 0.29) is 6.54 Å². The summed E-state index contributed by atoms with van der Waals surface area (Å²) in [4.78, 5) is 11.9. The van der Waals surface area contributed by atoms with E-state index in [0.29, 0.717) is 17.1 Å². The number of rotatable bonds is 6. The Morgan fingerprint density at radius 2 is 1.88 bits per heavy atom. The Labute approximate surface area is 146 Å². The molecule has 0 aliphatic heterocycles. The van der Waals surface area contributed by atoms with Gasteiger partial charge in [0.2, 0.25) is 0 Å². The van der Waals surface area contributed by atoms with Crippen LogP contribution >= 0.6 is 11.6 Å². The third-order valence-corrected chi connectivity index (χ3v) is 3.83. The average molecular weight is 349 g/mol. The lowest BCUT2D eigenvalue weighted by Crippen LogP contribution is -2.43. The number of hydrogen-bond donors (Lipinski definition) is 3. The molecule has 2 aromatic rings. The van der Waals surface area contributed by atoms with E-state index in [1.165, 1.54) is 0 Å². The van der Waals surface area contributed by atoms with Crippen molar-refractivity contribution in [3.63, 3.8) is 0 Å². The van der Waals surface area contributed by atoms with Gasteiger partial charge in [-0.2, -0.15) is 0 Å². The second-order valence-corrected chi connectivity index (χ2v) is 6.22. The molecule has 24 heavy (non-hydrogen) atoms. The van der Waals surface area contributed by atoms with Crippen LogP contribution in [0.5, 0.6) is 5.75 Å². The van der Waals surface area contributed by atoms with E-state index in [2.05, 4.69) is 10.6 Å². The number of hydrogen-bond acceptors (Lipinski definition) is 3. The summed E-state index contributed by atoms with van der Waals surface area (Å²) in [6.45, 7) is 1.78. The Morgan fingerprint density at radius 3 is 2.50 bits per heavy atom. The molecule has 1 atom stereocenters. The van der Waals surface area contributed by atoms with Crippen LogP contribution in [-0.2, 0) is 6.42 Å². The second kappa shape index (κ2) is 8.04. The number of carbonyl (C=O) groups is 1. The number of amides is 2. The van der Waals surface area contributed by atoms with E-state index in [1.807, 2.05) is 24.3 Å². The maximum absolute atomic E-state index is 11.9. The minimum absolute atomic E-state index is 0.106. The van der Waals surface area contributed by atoms with Gasteiger partial charge in [0.25, 0.3) is 0 Å². The zero-order valence-corrected chi connectivity index (χ0v) is 14.4. The summed E-state index contributed by atoms with van der Waals surface area (Å²) < 4.78 is 5.11. The number of para-hydroxylation sites is 1. The molecule has 6 heteroatoms. The molecule has 128 valence electrons. The van der Waals surface area contributed by atoms with Crippen molar-refractivity contribution in [3.8, 4) is 5.75 Å². The average Bonchev–Trinajstić information content (AvgIpc) is 2.56. The lowest BCUT2D eigenvalue weighted by atomic mass is 9.96. The predicted molar refractivity (Wildman–Crippen MR) is 95.8 cm³/mol. The topological polar surface area (TPSA) is 70.6 Å². The van der Waals surface area contributed by atoms with Crippen LogP contribution < -0.4 is 15.4 Å². The minimum atomic E-state index is -1.08. The molecule has 2 amide bonds. The number of methoxy groups -OCH3 is 1. The molecule has 0 heterocycles. The SMILES string of the molecule is COc1ccc(CC(C)(O)CNC(=O)Nc2ccccc2Cl)cc1. The highest BCUT2D eigenvalue weighted by atomic mass is 35.5. The zero-order chi connectivity index (χ0) is 17.6. The van der Waals surface area contributed by atoms with E-state index in [1.54, 1.807) is 38.3 Å². The van der Waals surface area contributed by atoms with Crippen LogP contribution in [0.2, 0.25) is 5.02 Å². The highest BCUT2D eigenvalue weighted by molar-refractivity contribution is 6.33. The van der Waals surface area contributed by atoms with Crippen molar-refractivity contribution >= 4 is 23.3 Å². The number of nitrogens with one attached hydrogen (secondary N) is 2. The molecule has 0 radical (unpaired) electrons. The highest BCUT2D eigenvalue weighted by Gasteiger charge is 2.22. The molecule has 5 nitrogen and oxygen atoms in total. The molecule has 0 fully saturated rings. The van der Waals surface area contributed by atoms with Crippen LogP contribution in [0.25, 0.3) is 0 Å². The lowest BCUT2D eigenvalue weighted by Gasteiger charge is -2.24. The largest absolute Gasteiger partial charge is 0.497 e. The molecule has 0 aliphatic rings. The standard InChI is InChI=1S/C18H21ClN2O3/c1-18(23,11-13-7-9-14(24-2)10-8-13)12-20-17(22)21-16-6-4-3-5-15(16)19/h3-10,23H,11-12H2,1-2H3,(H2,20,21,22).